The van der Waals surface area contributed by atoms with Crippen molar-refractivity contribution in [3.63, 3.8) is 0 Å². The smallest absolute Gasteiger partial charge is 0.358 e. The Bertz CT molecular complexity index is 679. The molecule has 7 heteroatoms. The van der Waals surface area contributed by atoms with Gasteiger partial charge in [0, 0.05) is 10.5 Å². The van der Waals surface area contributed by atoms with Gasteiger partial charge in [-0.1, -0.05) is 21.1 Å². The molecule has 0 fully saturated rings. The number of halogens is 1. The standard InChI is InChI=1S/C12H8BrNO5/c1-5-6(13)2-9-11(18-4-17-9)10(5)8-3-7(12(15)16)14-19-8/h2-3H,4H2,1H3,(H,15,16). The number of carboxylic acid groups (broad SMARTS) is 1. The maximum absolute atomic E-state index is 10.8. The number of aromatic nitrogens is 1. The lowest BCUT2D eigenvalue weighted by Gasteiger charge is -2.08. The quantitative estimate of drug-likeness (QED) is 0.914. The van der Waals surface area contributed by atoms with E-state index in [4.69, 9.17) is 19.1 Å². The van der Waals surface area contributed by atoms with Crippen LogP contribution >= 0.6 is 15.9 Å². The van der Waals surface area contributed by atoms with Gasteiger partial charge < -0.3 is 19.1 Å². The Morgan fingerprint density at radius 1 is 1.42 bits per heavy atom. The molecule has 3 rings (SSSR count). The summed E-state index contributed by atoms with van der Waals surface area (Å²) in [4.78, 5) is 10.8. The van der Waals surface area contributed by atoms with Gasteiger partial charge in [0.1, 0.15) is 0 Å². The first kappa shape index (κ1) is 12.0. The van der Waals surface area contributed by atoms with E-state index in [0.717, 1.165) is 10.0 Å². The van der Waals surface area contributed by atoms with Crippen LogP contribution in [0.3, 0.4) is 0 Å². The molecular formula is C12H8BrNO5. The van der Waals surface area contributed by atoms with Crippen LogP contribution in [0.15, 0.2) is 21.1 Å². The number of benzene rings is 1. The van der Waals surface area contributed by atoms with Crippen molar-refractivity contribution in [3.8, 4) is 22.8 Å². The minimum Gasteiger partial charge on any atom is -0.476 e. The monoisotopic (exact) mass is 325 g/mol. The molecule has 2 aromatic rings. The second-order valence-corrected chi connectivity index (χ2v) is 4.83. The zero-order chi connectivity index (χ0) is 13.6. The van der Waals surface area contributed by atoms with Gasteiger partial charge in [-0.15, -0.1) is 0 Å². The van der Waals surface area contributed by atoms with Gasteiger partial charge >= 0.3 is 5.97 Å². The number of hydrogen-bond acceptors (Lipinski definition) is 5. The Labute approximate surface area is 116 Å². The summed E-state index contributed by atoms with van der Waals surface area (Å²) in [7, 11) is 0. The van der Waals surface area contributed by atoms with Gasteiger partial charge in [0.2, 0.25) is 6.79 Å². The predicted molar refractivity (Wildman–Crippen MR) is 67.5 cm³/mol. The van der Waals surface area contributed by atoms with Gasteiger partial charge in [-0.05, 0) is 18.6 Å². The van der Waals surface area contributed by atoms with Gasteiger partial charge in [0.25, 0.3) is 0 Å². The summed E-state index contributed by atoms with van der Waals surface area (Å²) in [6.07, 6.45) is 0. The van der Waals surface area contributed by atoms with Gasteiger partial charge in [0.05, 0.1) is 5.56 Å². The largest absolute Gasteiger partial charge is 0.476 e. The third kappa shape index (κ3) is 1.86. The molecule has 1 aliphatic rings. The molecule has 1 aromatic heterocycles. The van der Waals surface area contributed by atoms with Crippen molar-refractivity contribution in [1.29, 1.82) is 0 Å². The number of carboxylic acids is 1. The maximum Gasteiger partial charge on any atom is 0.358 e. The molecule has 6 nitrogen and oxygen atoms in total. The summed E-state index contributed by atoms with van der Waals surface area (Å²) >= 11 is 3.42. The van der Waals surface area contributed by atoms with Crippen molar-refractivity contribution < 1.29 is 23.9 Å². The highest BCUT2D eigenvalue weighted by Crippen LogP contribution is 2.46. The molecule has 0 spiro atoms. The summed E-state index contributed by atoms with van der Waals surface area (Å²) in [6.45, 7) is 1.99. The molecule has 0 bridgehead atoms. The molecule has 1 aromatic carbocycles. The van der Waals surface area contributed by atoms with E-state index >= 15 is 0 Å². The fraction of sp³-hybridized carbons (Fsp3) is 0.167. The van der Waals surface area contributed by atoms with E-state index < -0.39 is 5.97 Å². The van der Waals surface area contributed by atoms with Crippen LogP contribution in [0.1, 0.15) is 16.1 Å². The Balaban J connectivity index is 2.21. The molecule has 0 radical (unpaired) electrons. The van der Waals surface area contributed by atoms with Crippen molar-refractivity contribution in [2.45, 2.75) is 6.92 Å². The van der Waals surface area contributed by atoms with E-state index in [9.17, 15) is 4.79 Å². The number of carbonyl (C=O) groups is 1. The van der Waals surface area contributed by atoms with Crippen LogP contribution in [0.2, 0.25) is 0 Å². The zero-order valence-corrected chi connectivity index (χ0v) is 11.4. The first-order valence-electron chi connectivity index (χ1n) is 5.37. The number of nitrogens with zero attached hydrogens (tertiary/aromatic N) is 1. The van der Waals surface area contributed by atoms with Crippen molar-refractivity contribution in [3.05, 3.63) is 27.9 Å². The van der Waals surface area contributed by atoms with Crippen LogP contribution in [-0.2, 0) is 0 Å². The molecule has 98 valence electrons. The van der Waals surface area contributed by atoms with E-state index in [1.54, 1.807) is 6.07 Å². The summed E-state index contributed by atoms with van der Waals surface area (Å²) in [5.74, 6) is 0.309. The van der Waals surface area contributed by atoms with Crippen molar-refractivity contribution in [2.75, 3.05) is 6.79 Å². The third-order valence-electron chi connectivity index (χ3n) is 2.84. The summed E-state index contributed by atoms with van der Waals surface area (Å²) in [5.41, 5.74) is 1.35. The molecule has 1 N–H and O–H groups in total. The molecule has 0 saturated carbocycles. The molecule has 0 atom stereocenters. The molecule has 0 amide bonds. The number of hydrogen-bond donors (Lipinski definition) is 1. The first-order valence-corrected chi connectivity index (χ1v) is 6.16. The molecule has 19 heavy (non-hydrogen) atoms. The van der Waals surface area contributed by atoms with Gasteiger partial charge in [0.15, 0.2) is 23.0 Å². The molecule has 0 aliphatic carbocycles. The van der Waals surface area contributed by atoms with Crippen molar-refractivity contribution >= 4 is 21.9 Å². The summed E-state index contributed by atoms with van der Waals surface area (Å²) in [6, 6.07) is 3.16. The van der Waals surface area contributed by atoms with Crippen LogP contribution in [0, 0.1) is 6.92 Å². The minimum atomic E-state index is -1.14. The van der Waals surface area contributed by atoms with Crippen LogP contribution < -0.4 is 9.47 Å². The van der Waals surface area contributed by atoms with Crippen LogP contribution in [-0.4, -0.2) is 23.0 Å². The maximum atomic E-state index is 10.8. The first-order chi connectivity index (χ1) is 9.08. The SMILES string of the molecule is Cc1c(Br)cc2c(c1-c1cc(C(=O)O)no1)OCO2. The summed E-state index contributed by atoms with van der Waals surface area (Å²) < 4.78 is 16.6. The number of rotatable bonds is 2. The van der Waals surface area contributed by atoms with Gasteiger partial charge in [-0.3, -0.25) is 0 Å². The van der Waals surface area contributed by atoms with E-state index in [1.807, 2.05) is 6.92 Å². The highest BCUT2D eigenvalue weighted by molar-refractivity contribution is 9.10. The Morgan fingerprint density at radius 2 is 2.21 bits per heavy atom. The average Bonchev–Trinajstić information content (AvgIpc) is 2.99. The summed E-state index contributed by atoms with van der Waals surface area (Å²) in [5, 5.41) is 12.4. The molecule has 1 aliphatic heterocycles. The van der Waals surface area contributed by atoms with E-state index in [1.165, 1.54) is 6.07 Å². The molecule has 0 saturated heterocycles. The van der Waals surface area contributed by atoms with Crippen LogP contribution in [0.4, 0.5) is 0 Å². The topological polar surface area (TPSA) is 81.8 Å². The minimum absolute atomic E-state index is 0.123. The predicted octanol–water partition coefficient (Wildman–Crippen LogP) is 2.84. The number of fused-ring (bicyclic) bond motifs is 1. The van der Waals surface area contributed by atoms with E-state index in [2.05, 4.69) is 21.1 Å². The van der Waals surface area contributed by atoms with E-state index in [-0.39, 0.29) is 12.5 Å². The van der Waals surface area contributed by atoms with Crippen molar-refractivity contribution in [2.24, 2.45) is 0 Å². The molecule has 2 heterocycles. The Hall–Kier alpha value is -2.02. The highest BCUT2D eigenvalue weighted by Gasteiger charge is 2.26. The molecule has 0 unspecified atom stereocenters. The number of aromatic carboxylic acids is 1. The highest BCUT2D eigenvalue weighted by atomic mass is 79.9. The number of ether oxygens (including phenoxy) is 2. The Morgan fingerprint density at radius 3 is 2.89 bits per heavy atom. The van der Waals surface area contributed by atoms with Crippen molar-refractivity contribution in [1.82, 2.24) is 5.16 Å². The normalized spacial score (nSPS) is 12.7. The third-order valence-corrected chi connectivity index (χ3v) is 3.66. The fourth-order valence-electron chi connectivity index (χ4n) is 1.89. The average molecular weight is 326 g/mol. The lowest BCUT2D eigenvalue weighted by atomic mass is 10.0. The Kier molecular flexibility index (Phi) is 2.70. The van der Waals surface area contributed by atoms with Gasteiger partial charge in [-0.25, -0.2) is 4.79 Å². The molecular weight excluding hydrogens is 318 g/mol. The van der Waals surface area contributed by atoms with Crippen LogP contribution in [0.5, 0.6) is 11.5 Å². The van der Waals surface area contributed by atoms with Crippen LogP contribution in [0.25, 0.3) is 11.3 Å². The van der Waals surface area contributed by atoms with Gasteiger partial charge in [-0.2, -0.15) is 0 Å². The second kappa shape index (κ2) is 4.27. The zero-order valence-electron chi connectivity index (χ0n) is 9.77. The fourth-order valence-corrected chi connectivity index (χ4v) is 2.30. The van der Waals surface area contributed by atoms with E-state index in [0.29, 0.717) is 22.8 Å². The lowest BCUT2D eigenvalue weighted by Crippen LogP contribution is -1.95. The lowest BCUT2D eigenvalue weighted by molar-refractivity contribution is 0.0686. The second-order valence-electron chi connectivity index (χ2n) is 3.97.